The number of hydrogen-bond donors (Lipinski definition) is 1. The SMILES string of the molecule is CN=C/C=C\C(C)S. The molecule has 0 rings (SSSR count). The van der Waals surface area contributed by atoms with Gasteiger partial charge in [-0.25, -0.2) is 0 Å². The van der Waals surface area contributed by atoms with E-state index in [4.69, 9.17) is 0 Å². The maximum absolute atomic E-state index is 4.12. The van der Waals surface area contributed by atoms with Gasteiger partial charge in [0.25, 0.3) is 0 Å². The van der Waals surface area contributed by atoms with Crippen LogP contribution in [0.1, 0.15) is 6.92 Å². The van der Waals surface area contributed by atoms with Crippen molar-refractivity contribution < 1.29 is 0 Å². The Kier molecular flexibility index (Phi) is 4.76. The van der Waals surface area contributed by atoms with Crippen molar-refractivity contribution in [2.75, 3.05) is 7.05 Å². The molecule has 0 spiro atoms. The maximum atomic E-state index is 4.12. The van der Waals surface area contributed by atoms with E-state index in [0.29, 0.717) is 5.25 Å². The molecule has 0 saturated carbocycles. The van der Waals surface area contributed by atoms with E-state index in [1.54, 1.807) is 13.3 Å². The fourth-order valence-corrected chi connectivity index (χ4v) is 0.396. The lowest BCUT2D eigenvalue weighted by Crippen LogP contribution is -1.80. The zero-order valence-corrected chi connectivity index (χ0v) is 6.10. The molecule has 0 aliphatic heterocycles. The maximum Gasteiger partial charge on any atom is 0.0277 e. The van der Waals surface area contributed by atoms with Crippen molar-refractivity contribution in [3.63, 3.8) is 0 Å². The average molecular weight is 129 g/mol. The van der Waals surface area contributed by atoms with Crippen molar-refractivity contribution in [2.45, 2.75) is 12.2 Å². The van der Waals surface area contributed by atoms with E-state index >= 15 is 0 Å². The monoisotopic (exact) mass is 129 g/mol. The normalized spacial score (nSPS) is 15.9. The summed E-state index contributed by atoms with van der Waals surface area (Å²) in [6.45, 7) is 2.00. The van der Waals surface area contributed by atoms with Crippen LogP contribution in [0.2, 0.25) is 0 Å². The van der Waals surface area contributed by atoms with E-state index < -0.39 is 0 Å². The van der Waals surface area contributed by atoms with Crippen LogP contribution in [0.5, 0.6) is 0 Å². The third kappa shape index (κ3) is 5.76. The number of rotatable bonds is 2. The van der Waals surface area contributed by atoms with E-state index in [2.05, 4.69) is 17.6 Å². The molecule has 0 saturated heterocycles. The van der Waals surface area contributed by atoms with Crippen LogP contribution in [-0.2, 0) is 0 Å². The first kappa shape index (κ1) is 7.76. The summed E-state index contributed by atoms with van der Waals surface area (Å²) in [6.07, 6.45) is 5.60. The number of aliphatic imine (C=N–C) groups is 1. The van der Waals surface area contributed by atoms with Crippen molar-refractivity contribution >= 4 is 18.8 Å². The Bertz CT molecular complexity index is 94.7. The fourth-order valence-electron chi connectivity index (χ4n) is 0.297. The van der Waals surface area contributed by atoms with Crippen LogP contribution < -0.4 is 0 Å². The third-order valence-electron chi connectivity index (χ3n) is 0.625. The second-order valence-electron chi connectivity index (χ2n) is 1.53. The van der Waals surface area contributed by atoms with Gasteiger partial charge in [-0.1, -0.05) is 6.08 Å². The molecular weight excluding hydrogens is 118 g/mol. The molecule has 46 valence electrons. The minimum atomic E-state index is 0.327. The van der Waals surface area contributed by atoms with E-state index in [-0.39, 0.29) is 0 Å². The minimum absolute atomic E-state index is 0.327. The Morgan fingerprint density at radius 1 is 1.62 bits per heavy atom. The fraction of sp³-hybridized carbons (Fsp3) is 0.500. The van der Waals surface area contributed by atoms with Gasteiger partial charge in [-0.15, -0.1) is 0 Å². The van der Waals surface area contributed by atoms with Gasteiger partial charge < -0.3 is 0 Å². The predicted molar refractivity (Wildman–Crippen MR) is 42.0 cm³/mol. The Labute approximate surface area is 55.9 Å². The number of thiol groups is 1. The van der Waals surface area contributed by atoms with Gasteiger partial charge in [-0.2, -0.15) is 12.6 Å². The van der Waals surface area contributed by atoms with Gasteiger partial charge in [0.05, 0.1) is 0 Å². The van der Waals surface area contributed by atoms with Gasteiger partial charge in [0.2, 0.25) is 0 Å². The number of allylic oxidation sites excluding steroid dienone is 1. The summed E-state index contributed by atoms with van der Waals surface area (Å²) in [6, 6.07) is 0. The van der Waals surface area contributed by atoms with Crippen molar-refractivity contribution in [3.8, 4) is 0 Å². The molecule has 0 aliphatic rings. The molecule has 1 nitrogen and oxygen atoms in total. The van der Waals surface area contributed by atoms with Gasteiger partial charge >= 0.3 is 0 Å². The first-order valence-corrected chi connectivity index (χ1v) is 3.06. The van der Waals surface area contributed by atoms with Crippen molar-refractivity contribution in [3.05, 3.63) is 12.2 Å². The van der Waals surface area contributed by atoms with Crippen molar-refractivity contribution in [2.24, 2.45) is 4.99 Å². The molecule has 0 N–H and O–H groups in total. The highest BCUT2D eigenvalue weighted by molar-refractivity contribution is 7.81. The molecule has 2 heteroatoms. The molecule has 0 amide bonds. The van der Waals surface area contributed by atoms with E-state index in [0.717, 1.165) is 0 Å². The zero-order valence-electron chi connectivity index (χ0n) is 5.20. The second kappa shape index (κ2) is 4.91. The lowest BCUT2D eigenvalue weighted by atomic mass is 10.4. The van der Waals surface area contributed by atoms with E-state index in [1.165, 1.54) is 0 Å². The summed E-state index contributed by atoms with van der Waals surface area (Å²) in [5.41, 5.74) is 0. The van der Waals surface area contributed by atoms with Gasteiger partial charge in [0.1, 0.15) is 0 Å². The Balaban J connectivity index is 3.34. The third-order valence-corrected chi connectivity index (χ3v) is 0.797. The summed E-state index contributed by atoms with van der Waals surface area (Å²) in [5, 5.41) is 0.327. The molecule has 8 heavy (non-hydrogen) atoms. The number of nitrogens with zero attached hydrogens (tertiary/aromatic N) is 1. The molecule has 1 unspecified atom stereocenters. The Morgan fingerprint density at radius 2 is 2.25 bits per heavy atom. The summed E-state index contributed by atoms with van der Waals surface area (Å²) >= 11 is 4.12. The smallest absolute Gasteiger partial charge is 0.0277 e. The molecule has 0 aliphatic carbocycles. The second-order valence-corrected chi connectivity index (χ2v) is 2.35. The molecule has 0 aromatic carbocycles. The van der Waals surface area contributed by atoms with Gasteiger partial charge in [0, 0.05) is 18.5 Å². The molecule has 0 radical (unpaired) electrons. The van der Waals surface area contributed by atoms with E-state index in [1.807, 2.05) is 19.1 Å². The van der Waals surface area contributed by atoms with Crippen LogP contribution in [0.25, 0.3) is 0 Å². The lowest BCUT2D eigenvalue weighted by molar-refractivity contribution is 1.26. The van der Waals surface area contributed by atoms with E-state index in [9.17, 15) is 0 Å². The molecule has 0 aromatic heterocycles. The highest BCUT2D eigenvalue weighted by Gasteiger charge is 1.79. The Hall–Kier alpha value is -0.240. The summed E-state index contributed by atoms with van der Waals surface area (Å²) in [4.78, 5) is 3.76. The molecular formula is C6H11NS. The van der Waals surface area contributed by atoms with Crippen LogP contribution >= 0.6 is 12.6 Å². The average Bonchev–Trinajstić information content (AvgIpc) is 1.66. The number of hydrogen-bond acceptors (Lipinski definition) is 2. The van der Waals surface area contributed by atoms with Crippen LogP contribution in [0.4, 0.5) is 0 Å². The molecule has 0 aromatic rings. The minimum Gasteiger partial charge on any atom is -0.297 e. The topological polar surface area (TPSA) is 12.4 Å². The predicted octanol–water partition coefficient (Wildman–Crippen LogP) is 1.56. The van der Waals surface area contributed by atoms with Gasteiger partial charge in [-0.05, 0) is 13.0 Å². The lowest BCUT2D eigenvalue weighted by Gasteiger charge is -1.87. The highest BCUT2D eigenvalue weighted by Crippen LogP contribution is 1.91. The molecule has 1 atom stereocenters. The molecule has 0 fully saturated rings. The van der Waals surface area contributed by atoms with Crippen molar-refractivity contribution in [1.29, 1.82) is 0 Å². The van der Waals surface area contributed by atoms with Crippen LogP contribution in [0.3, 0.4) is 0 Å². The summed E-state index contributed by atoms with van der Waals surface area (Å²) in [5.74, 6) is 0. The van der Waals surface area contributed by atoms with Gasteiger partial charge in [0.15, 0.2) is 0 Å². The Morgan fingerprint density at radius 3 is 2.62 bits per heavy atom. The van der Waals surface area contributed by atoms with Crippen LogP contribution in [0.15, 0.2) is 17.1 Å². The van der Waals surface area contributed by atoms with Gasteiger partial charge in [-0.3, -0.25) is 4.99 Å². The van der Waals surface area contributed by atoms with Crippen LogP contribution in [0, 0.1) is 0 Å². The quantitative estimate of drug-likeness (QED) is 0.429. The molecule has 0 bridgehead atoms. The first-order chi connectivity index (χ1) is 3.77. The molecule has 0 heterocycles. The summed E-state index contributed by atoms with van der Waals surface area (Å²) in [7, 11) is 1.74. The standard InChI is InChI=1S/C6H11NS/c1-6(8)4-3-5-7-2/h3-6,8H,1-2H3/b4-3-,7-5?. The van der Waals surface area contributed by atoms with Crippen molar-refractivity contribution in [1.82, 2.24) is 0 Å². The zero-order chi connectivity index (χ0) is 6.41. The highest BCUT2D eigenvalue weighted by atomic mass is 32.1. The largest absolute Gasteiger partial charge is 0.297 e. The summed E-state index contributed by atoms with van der Waals surface area (Å²) < 4.78 is 0. The van der Waals surface area contributed by atoms with Crippen LogP contribution in [-0.4, -0.2) is 18.5 Å². The first-order valence-electron chi connectivity index (χ1n) is 2.54.